The summed E-state index contributed by atoms with van der Waals surface area (Å²) in [5.41, 5.74) is 1.08. The quantitative estimate of drug-likeness (QED) is 0.871. The van der Waals surface area contributed by atoms with Gasteiger partial charge in [0.05, 0.1) is 28.5 Å². The van der Waals surface area contributed by atoms with Crippen molar-refractivity contribution < 1.29 is 9.84 Å². The van der Waals surface area contributed by atoms with Gasteiger partial charge in [0, 0.05) is 38.3 Å². The standard InChI is InChI=1S/C20H26ClN3O3/c1-2-17-10-16(25)11-20(27-17)5-7-23(8-6-20)13-15-9-19(26)24-12-14(21)3-4-18(24)22-15/h3-4,9,12,16-17,25H,2,5-8,10-11,13H2,1H3/t16-,17+/m1/s1. The lowest BCUT2D eigenvalue weighted by Crippen LogP contribution is -2.52. The van der Waals surface area contributed by atoms with Crippen LogP contribution in [0.2, 0.25) is 5.02 Å². The molecular weight excluding hydrogens is 366 g/mol. The average Bonchev–Trinajstić information content (AvgIpc) is 2.64. The number of hydrogen-bond acceptors (Lipinski definition) is 5. The van der Waals surface area contributed by atoms with Crippen molar-refractivity contribution in [3.63, 3.8) is 0 Å². The summed E-state index contributed by atoms with van der Waals surface area (Å²) in [6.07, 6.45) is 5.72. The molecule has 1 spiro atoms. The molecule has 0 unspecified atom stereocenters. The number of rotatable bonds is 3. The third kappa shape index (κ3) is 4.04. The van der Waals surface area contributed by atoms with Crippen LogP contribution in [-0.2, 0) is 11.3 Å². The molecule has 0 aliphatic carbocycles. The molecule has 0 radical (unpaired) electrons. The molecule has 7 heteroatoms. The highest BCUT2D eigenvalue weighted by Gasteiger charge is 2.42. The van der Waals surface area contributed by atoms with Crippen LogP contribution in [-0.4, -0.2) is 50.3 Å². The molecule has 0 amide bonds. The fraction of sp³-hybridized carbons (Fsp3) is 0.600. The zero-order valence-electron chi connectivity index (χ0n) is 15.6. The zero-order chi connectivity index (χ0) is 19.0. The molecule has 2 aromatic heterocycles. The molecular formula is C20H26ClN3O3. The van der Waals surface area contributed by atoms with Crippen LogP contribution in [0.25, 0.3) is 5.65 Å². The van der Waals surface area contributed by atoms with Crippen molar-refractivity contribution in [2.24, 2.45) is 0 Å². The minimum atomic E-state index is -0.260. The summed E-state index contributed by atoms with van der Waals surface area (Å²) in [5, 5.41) is 10.7. The van der Waals surface area contributed by atoms with Gasteiger partial charge < -0.3 is 9.84 Å². The molecule has 6 nitrogen and oxygen atoms in total. The number of halogens is 1. The van der Waals surface area contributed by atoms with E-state index < -0.39 is 0 Å². The van der Waals surface area contributed by atoms with Gasteiger partial charge in [0.15, 0.2) is 0 Å². The summed E-state index contributed by atoms with van der Waals surface area (Å²) in [6, 6.07) is 5.09. The second-order valence-corrected chi connectivity index (χ2v) is 8.30. The van der Waals surface area contributed by atoms with Gasteiger partial charge in [0.2, 0.25) is 0 Å². The Hall–Kier alpha value is -1.47. The summed E-state index contributed by atoms with van der Waals surface area (Å²) in [4.78, 5) is 19.3. The van der Waals surface area contributed by atoms with Crippen molar-refractivity contribution in [3.05, 3.63) is 45.5 Å². The van der Waals surface area contributed by atoms with E-state index >= 15 is 0 Å². The lowest BCUT2D eigenvalue weighted by molar-refractivity contribution is -0.182. The Morgan fingerprint density at radius 1 is 1.37 bits per heavy atom. The Morgan fingerprint density at radius 2 is 2.15 bits per heavy atom. The lowest BCUT2D eigenvalue weighted by atomic mass is 9.81. The van der Waals surface area contributed by atoms with Crippen molar-refractivity contribution in [2.75, 3.05) is 13.1 Å². The second kappa shape index (κ2) is 7.51. The molecule has 0 saturated carbocycles. The van der Waals surface area contributed by atoms with E-state index in [1.165, 1.54) is 4.40 Å². The maximum Gasteiger partial charge on any atom is 0.258 e. The Kier molecular flexibility index (Phi) is 5.25. The van der Waals surface area contributed by atoms with E-state index in [4.69, 9.17) is 16.3 Å². The van der Waals surface area contributed by atoms with E-state index in [1.807, 2.05) is 0 Å². The molecule has 4 heterocycles. The zero-order valence-corrected chi connectivity index (χ0v) is 16.4. The molecule has 2 aliphatic heterocycles. The molecule has 2 aromatic rings. The van der Waals surface area contributed by atoms with Crippen LogP contribution < -0.4 is 5.56 Å². The number of aliphatic hydroxyl groups excluding tert-OH is 1. The highest BCUT2D eigenvalue weighted by Crippen LogP contribution is 2.38. The summed E-state index contributed by atoms with van der Waals surface area (Å²) in [7, 11) is 0. The van der Waals surface area contributed by atoms with Crippen molar-refractivity contribution in [1.82, 2.24) is 14.3 Å². The summed E-state index contributed by atoms with van der Waals surface area (Å²) in [5.74, 6) is 0. The first-order valence-corrected chi connectivity index (χ1v) is 10.1. The third-order valence-corrected chi connectivity index (χ3v) is 6.07. The van der Waals surface area contributed by atoms with Crippen LogP contribution in [0.1, 0.15) is 44.7 Å². The Bertz CT molecular complexity index is 876. The number of aliphatic hydroxyl groups is 1. The van der Waals surface area contributed by atoms with E-state index in [1.54, 1.807) is 24.4 Å². The molecule has 0 bridgehead atoms. The molecule has 27 heavy (non-hydrogen) atoms. The van der Waals surface area contributed by atoms with E-state index in [9.17, 15) is 9.90 Å². The van der Waals surface area contributed by atoms with E-state index in [0.717, 1.165) is 50.9 Å². The van der Waals surface area contributed by atoms with Crippen LogP contribution in [0.3, 0.4) is 0 Å². The van der Waals surface area contributed by atoms with Crippen LogP contribution in [0.5, 0.6) is 0 Å². The van der Waals surface area contributed by atoms with Gasteiger partial charge in [-0.2, -0.15) is 0 Å². The predicted octanol–water partition coefficient (Wildman–Crippen LogP) is 2.63. The maximum absolute atomic E-state index is 12.3. The third-order valence-electron chi connectivity index (χ3n) is 5.84. The summed E-state index contributed by atoms with van der Waals surface area (Å²) >= 11 is 5.96. The molecule has 0 aromatic carbocycles. The number of ether oxygens (including phenoxy) is 1. The van der Waals surface area contributed by atoms with Gasteiger partial charge in [-0.15, -0.1) is 0 Å². The first-order valence-electron chi connectivity index (χ1n) is 9.72. The number of aromatic nitrogens is 2. The first-order chi connectivity index (χ1) is 13.0. The minimum absolute atomic E-state index is 0.115. The van der Waals surface area contributed by atoms with Gasteiger partial charge in [-0.3, -0.25) is 14.1 Å². The molecule has 4 rings (SSSR count). The van der Waals surface area contributed by atoms with Crippen LogP contribution in [0.4, 0.5) is 0 Å². The molecule has 1 N–H and O–H groups in total. The number of nitrogens with zero attached hydrogens (tertiary/aromatic N) is 3. The normalized spacial score (nSPS) is 25.9. The number of hydrogen-bond donors (Lipinski definition) is 1. The average molecular weight is 392 g/mol. The molecule has 2 saturated heterocycles. The monoisotopic (exact) mass is 391 g/mol. The predicted molar refractivity (Wildman–Crippen MR) is 104 cm³/mol. The first kappa shape index (κ1) is 18.9. The van der Waals surface area contributed by atoms with Gasteiger partial charge in [-0.05, 0) is 37.8 Å². The van der Waals surface area contributed by atoms with E-state index in [2.05, 4.69) is 16.8 Å². The van der Waals surface area contributed by atoms with E-state index in [-0.39, 0.29) is 23.4 Å². The maximum atomic E-state index is 12.3. The van der Waals surface area contributed by atoms with Gasteiger partial charge >= 0.3 is 0 Å². The molecule has 146 valence electrons. The van der Waals surface area contributed by atoms with Crippen LogP contribution in [0, 0.1) is 0 Å². The number of piperidine rings is 1. The number of pyridine rings is 1. The topological polar surface area (TPSA) is 67.1 Å². The number of fused-ring (bicyclic) bond motifs is 1. The summed E-state index contributed by atoms with van der Waals surface area (Å²) < 4.78 is 7.82. The van der Waals surface area contributed by atoms with Crippen molar-refractivity contribution in [3.8, 4) is 0 Å². The van der Waals surface area contributed by atoms with Crippen LogP contribution >= 0.6 is 11.6 Å². The Balaban J connectivity index is 1.44. The summed E-state index contributed by atoms with van der Waals surface area (Å²) in [6.45, 7) is 4.52. The van der Waals surface area contributed by atoms with Gasteiger partial charge in [0.25, 0.3) is 5.56 Å². The highest BCUT2D eigenvalue weighted by molar-refractivity contribution is 6.30. The van der Waals surface area contributed by atoms with Gasteiger partial charge in [-0.25, -0.2) is 4.98 Å². The van der Waals surface area contributed by atoms with Gasteiger partial charge in [-0.1, -0.05) is 18.5 Å². The minimum Gasteiger partial charge on any atom is -0.393 e. The largest absolute Gasteiger partial charge is 0.393 e. The molecule has 2 aliphatic rings. The Morgan fingerprint density at radius 3 is 2.89 bits per heavy atom. The smallest absolute Gasteiger partial charge is 0.258 e. The van der Waals surface area contributed by atoms with Crippen LogP contribution in [0.15, 0.2) is 29.2 Å². The number of likely N-dealkylation sites (tertiary alicyclic amines) is 1. The SMILES string of the molecule is CC[C@H]1C[C@@H](O)CC2(CCN(Cc3cc(=O)n4cc(Cl)ccc4n3)CC2)O1. The van der Waals surface area contributed by atoms with Crippen molar-refractivity contribution in [2.45, 2.75) is 63.4 Å². The van der Waals surface area contributed by atoms with Crippen molar-refractivity contribution in [1.29, 1.82) is 0 Å². The second-order valence-electron chi connectivity index (χ2n) is 7.86. The molecule has 2 atom stereocenters. The highest BCUT2D eigenvalue weighted by atomic mass is 35.5. The lowest BCUT2D eigenvalue weighted by Gasteiger charge is -2.47. The van der Waals surface area contributed by atoms with E-state index in [0.29, 0.717) is 17.2 Å². The fourth-order valence-electron chi connectivity index (χ4n) is 4.39. The van der Waals surface area contributed by atoms with Crippen molar-refractivity contribution >= 4 is 17.2 Å². The molecule has 2 fully saturated rings. The van der Waals surface area contributed by atoms with Gasteiger partial charge in [0.1, 0.15) is 5.65 Å². The fourth-order valence-corrected chi connectivity index (χ4v) is 4.55. The Labute approximate surface area is 163 Å².